The van der Waals surface area contributed by atoms with Crippen molar-refractivity contribution in [3.63, 3.8) is 0 Å². The lowest BCUT2D eigenvalue weighted by atomic mass is 10.4. The Morgan fingerprint density at radius 2 is 2.22 bits per heavy atom. The quantitative estimate of drug-likeness (QED) is 0.551. The molecular weight excluding hydrogens is 138 g/mol. The van der Waals surface area contributed by atoms with E-state index in [4.69, 9.17) is 11.6 Å². The molecule has 54 valence electrons. The molecule has 0 radical (unpaired) electrons. The number of carbonyl (C=O) groups is 1. The first-order valence-electron chi connectivity index (χ1n) is 3.02. The van der Waals surface area contributed by atoms with Crippen LogP contribution in [-0.2, 0) is 4.79 Å². The smallest absolute Gasteiger partial charge is 0.222 e. The summed E-state index contributed by atoms with van der Waals surface area (Å²) in [6.07, 6.45) is 0.563. The van der Waals surface area contributed by atoms with Crippen molar-refractivity contribution < 1.29 is 4.79 Å². The molecule has 0 saturated carbocycles. The molecule has 0 aromatic carbocycles. The van der Waals surface area contributed by atoms with Crippen LogP contribution in [0.15, 0.2) is 0 Å². The molecule has 1 amide bonds. The van der Waals surface area contributed by atoms with Gasteiger partial charge in [0.15, 0.2) is 0 Å². The fraction of sp³-hybridized carbons (Fsp3) is 0.833. The molecule has 0 rings (SSSR count). The molecule has 0 aromatic rings. The van der Waals surface area contributed by atoms with Gasteiger partial charge in [-0.05, 0) is 0 Å². The molecule has 0 spiro atoms. The lowest BCUT2D eigenvalue weighted by molar-refractivity contribution is -0.129. The standard InChI is InChI=1S/C6H12ClNO/c1-3-6(9)8(2)5-4-7/h3-5H2,1-2H3. The number of nitrogens with zero attached hydrogens (tertiary/aromatic N) is 1. The topological polar surface area (TPSA) is 20.3 Å². The largest absolute Gasteiger partial charge is 0.345 e. The summed E-state index contributed by atoms with van der Waals surface area (Å²) in [6, 6.07) is 0. The maximum Gasteiger partial charge on any atom is 0.222 e. The van der Waals surface area contributed by atoms with Gasteiger partial charge in [0.25, 0.3) is 0 Å². The van der Waals surface area contributed by atoms with Gasteiger partial charge < -0.3 is 4.90 Å². The average molecular weight is 150 g/mol. The van der Waals surface area contributed by atoms with Gasteiger partial charge in [-0.1, -0.05) is 6.92 Å². The Bertz CT molecular complexity index is 95.1. The molecule has 0 fully saturated rings. The molecular formula is C6H12ClNO. The summed E-state index contributed by atoms with van der Waals surface area (Å²) >= 11 is 5.40. The molecule has 0 unspecified atom stereocenters. The fourth-order valence-corrected chi connectivity index (χ4v) is 0.775. The third-order valence-corrected chi connectivity index (χ3v) is 1.32. The third kappa shape index (κ3) is 3.36. The molecule has 0 aromatic heterocycles. The highest BCUT2D eigenvalue weighted by Gasteiger charge is 2.02. The first-order valence-corrected chi connectivity index (χ1v) is 3.55. The molecule has 0 heterocycles. The summed E-state index contributed by atoms with van der Waals surface area (Å²) in [7, 11) is 1.76. The summed E-state index contributed by atoms with van der Waals surface area (Å²) < 4.78 is 0. The number of rotatable bonds is 3. The van der Waals surface area contributed by atoms with Gasteiger partial charge in [-0.2, -0.15) is 0 Å². The van der Waals surface area contributed by atoms with Crippen LogP contribution in [0.5, 0.6) is 0 Å². The van der Waals surface area contributed by atoms with Crippen LogP contribution in [0, 0.1) is 0 Å². The van der Waals surface area contributed by atoms with E-state index < -0.39 is 0 Å². The van der Waals surface area contributed by atoms with Crippen molar-refractivity contribution in [1.82, 2.24) is 4.90 Å². The van der Waals surface area contributed by atoms with Gasteiger partial charge in [0.05, 0.1) is 0 Å². The van der Waals surface area contributed by atoms with E-state index in [1.165, 1.54) is 0 Å². The Hall–Kier alpha value is -0.240. The van der Waals surface area contributed by atoms with E-state index in [0.717, 1.165) is 0 Å². The Labute approximate surface area is 60.8 Å². The van der Waals surface area contributed by atoms with Gasteiger partial charge in [0, 0.05) is 25.9 Å². The predicted molar refractivity (Wildman–Crippen MR) is 38.6 cm³/mol. The SMILES string of the molecule is CCC(=O)N(C)CCCl. The summed E-state index contributed by atoms with van der Waals surface area (Å²) in [5.74, 6) is 0.665. The van der Waals surface area contributed by atoms with Crippen molar-refractivity contribution in [2.24, 2.45) is 0 Å². The second-order valence-electron chi connectivity index (χ2n) is 1.86. The second kappa shape index (κ2) is 4.62. The zero-order valence-corrected chi connectivity index (χ0v) is 6.61. The molecule has 2 nitrogen and oxygen atoms in total. The number of carbonyl (C=O) groups excluding carboxylic acids is 1. The van der Waals surface area contributed by atoms with Crippen LogP contribution < -0.4 is 0 Å². The van der Waals surface area contributed by atoms with Crippen molar-refractivity contribution in [3.05, 3.63) is 0 Å². The lowest BCUT2D eigenvalue weighted by Gasteiger charge is -2.13. The maximum absolute atomic E-state index is 10.8. The predicted octanol–water partition coefficient (Wildman–Crippen LogP) is 1.09. The van der Waals surface area contributed by atoms with Gasteiger partial charge in [-0.15, -0.1) is 11.6 Å². The van der Waals surface area contributed by atoms with Gasteiger partial charge in [-0.25, -0.2) is 0 Å². The normalized spacial score (nSPS) is 9.22. The highest BCUT2D eigenvalue weighted by atomic mass is 35.5. The summed E-state index contributed by atoms with van der Waals surface area (Å²) in [4.78, 5) is 12.4. The molecule has 3 heteroatoms. The lowest BCUT2D eigenvalue weighted by Crippen LogP contribution is -2.27. The fourth-order valence-electron chi connectivity index (χ4n) is 0.521. The Morgan fingerprint density at radius 3 is 2.56 bits per heavy atom. The zero-order chi connectivity index (χ0) is 7.28. The van der Waals surface area contributed by atoms with Gasteiger partial charge >= 0.3 is 0 Å². The number of alkyl halides is 1. The monoisotopic (exact) mass is 149 g/mol. The second-order valence-corrected chi connectivity index (χ2v) is 2.24. The highest BCUT2D eigenvalue weighted by molar-refractivity contribution is 6.18. The Balaban J connectivity index is 3.45. The minimum absolute atomic E-state index is 0.149. The third-order valence-electron chi connectivity index (χ3n) is 1.15. The van der Waals surface area contributed by atoms with Crippen LogP contribution in [-0.4, -0.2) is 30.3 Å². The molecule has 0 atom stereocenters. The Morgan fingerprint density at radius 1 is 1.67 bits per heavy atom. The van der Waals surface area contributed by atoms with Crippen LogP contribution in [0.2, 0.25) is 0 Å². The van der Waals surface area contributed by atoms with Crippen molar-refractivity contribution in [1.29, 1.82) is 0 Å². The van der Waals surface area contributed by atoms with Crippen molar-refractivity contribution in [2.75, 3.05) is 19.5 Å². The van der Waals surface area contributed by atoms with Crippen LogP contribution in [0.25, 0.3) is 0 Å². The molecule has 0 bridgehead atoms. The molecule has 9 heavy (non-hydrogen) atoms. The van der Waals surface area contributed by atoms with Crippen LogP contribution >= 0.6 is 11.6 Å². The average Bonchev–Trinajstić information content (AvgIpc) is 1.87. The van der Waals surface area contributed by atoms with Gasteiger partial charge in [0.1, 0.15) is 0 Å². The van der Waals surface area contributed by atoms with E-state index in [0.29, 0.717) is 18.8 Å². The molecule has 0 N–H and O–H groups in total. The summed E-state index contributed by atoms with van der Waals surface area (Å²) in [6.45, 7) is 2.49. The molecule has 0 aliphatic carbocycles. The number of hydrogen-bond acceptors (Lipinski definition) is 1. The summed E-state index contributed by atoms with van der Waals surface area (Å²) in [5.41, 5.74) is 0. The zero-order valence-electron chi connectivity index (χ0n) is 5.85. The van der Waals surface area contributed by atoms with Crippen LogP contribution in [0.4, 0.5) is 0 Å². The molecule has 0 aliphatic rings. The Kier molecular flexibility index (Phi) is 4.50. The number of hydrogen-bond donors (Lipinski definition) is 0. The van der Waals surface area contributed by atoms with Crippen LogP contribution in [0.1, 0.15) is 13.3 Å². The van der Waals surface area contributed by atoms with E-state index in [1.807, 2.05) is 6.92 Å². The van der Waals surface area contributed by atoms with Gasteiger partial charge in [0.2, 0.25) is 5.91 Å². The van der Waals surface area contributed by atoms with Crippen molar-refractivity contribution >= 4 is 17.5 Å². The van der Waals surface area contributed by atoms with Crippen LogP contribution in [0.3, 0.4) is 0 Å². The number of amides is 1. The minimum Gasteiger partial charge on any atom is -0.345 e. The first kappa shape index (κ1) is 8.76. The highest BCUT2D eigenvalue weighted by Crippen LogP contribution is 1.89. The number of halogens is 1. The van der Waals surface area contributed by atoms with E-state index >= 15 is 0 Å². The molecule has 0 saturated heterocycles. The van der Waals surface area contributed by atoms with E-state index in [1.54, 1.807) is 11.9 Å². The van der Waals surface area contributed by atoms with Crippen molar-refractivity contribution in [2.45, 2.75) is 13.3 Å². The summed E-state index contributed by atoms with van der Waals surface area (Å²) in [5, 5.41) is 0. The maximum atomic E-state index is 10.8. The molecule has 0 aliphatic heterocycles. The van der Waals surface area contributed by atoms with Gasteiger partial charge in [-0.3, -0.25) is 4.79 Å². The minimum atomic E-state index is 0.149. The van der Waals surface area contributed by atoms with E-state index in [2.05, 4.69) is 0 Å². The van der Waals surface area contributed by atoms with E-state index in [9.17, 15) is 4.79 Å². The van der Waals surface area contributed by atoms with E-state index in [-0.39, 0.29) is 5.91 Å². The van der Waals surface area contributed by atoms with Crippen molar-refractivity contribution in [3.8, 4) is 0 Å². The first-order chi connectivity index (χ1) is 4.22.